The van der Waals surface area contributed by atoms with E-state index in [1.807, 2.05) is 43.3 Å². The number of rotatable bonds is 12. The molecule has 172 valence electrons. The van der Waals surface area contributed by atoms with Crippen molar-refractivity contribution in [3.63, 3.8) is 0 Å². The molecule has 6 heteroatoms. The first-order valence-electron chi connectivity index (χ1n) is 10.9. The molecule has 2 aromatic rings. The number of carbonyl (C=O) groups excluding carboxylic acids is 2. The molecule has 0 bridgehead atoms. The quantitative estimate of drug-likeness (QED) is 0.493. The van der Waals surface area contributed by atoms with E-state index in [0.29, 0.717) is 19.4 Å². The maximum absolute atomic E-state index is 14.3. The van der Waals surface area contributed by atoms with Gasteiger partial charge < -0.3 is 15.5 Å². The normalized spacial score (nSPS) is 12.8. The maximum atomic E-state index is 14.3. The van der Waals surface area contributed by atoms with Gasteiger partial charge in [0.25, 0.3) is 5.91 Å². The van der Waals surface area contributed by atoms with Gasteiger partial charge in [0, 0.05) is 26.1 Å². The molecule has 32 heavy (non-hydrogen) atoms. The largest absolute Gasteiger partial charge is 0.355 e. The second-order valence-corrected chi connectivity index (χ2v) is 8.20. The maximum Gasteiger partial charge on any atom is 0.253 e. The molecule has 0 spiro atoms. The van der Waals surface area contributed by atoms with E-state index in [4.69, 9.17) is 0 Å². The van der Waals surface area contributed by atoms with Gasteiger partial charge in [-0.05, 0) is 62.5 Å². The molecule has 2 rings (SSSR count). The fourth-order valence-corrected chi connectivity index (χ4v) is 3.67. The first kappa shape index (κ1) is 25.3. The van der Waals surface area contributed by atoms with Crippen molar-refractivity contribution < 1.29 is 14.0 Å². The lowest BCUT2D eigenvalue weighted by atomic mass is 9.91. The molecule has 0 radical (unpaired) electrons. The van der Waals surface area contributed by atoms with Crippen LogP contribution in [-0.2, 0) is 11.2 Å². The van der Waals surface area contributed by atoms with Gasteiger partial charge in [-0.1, -0.05) is 42.5 Å². The van der Waals surface area contributed by atoms with Crippen molar-refractivity contribution in [3.05, 3.63) is 83.7 Å². The third-order valence-corrected chi connectivity index (χ3v) is 5.66. The van der Waals surface area contributed by atoms with Crippen molar-refractivity contribution in [1.82, 2.24) is 15.5 Å². The minimum Gasteiger partial charge on any atom is -0.355 e. The van der Waals surface area contributed by atoms with Crippen LogP contribution in [0, 0.1) is 5.82 Å². The zero-order chi connectivity index (χ0) is 23.5. The Labute approximate surface area is 190 Å². The summed E-state index contributed by atoms with van der Waals surface area (Å²) < 4.78 is 14.3. The van der Waals surface area contributed by atoms with Crippen LogP contribution in [0.25, 0.3) is 0 Å². The molecule has 2 amide bonds. The van der Waals surface area contributed by atoms with Gasteiger partial charge in [-0.25, -0.2) is 4.39 Å². The fraction of sp³-hybridized carbons (Fsp3) is 0.385. The van der Waals surface area contributed by atoms with Gasteiger partial charge in [0.15, 0.2) is 0 Å². The van der Waals surface area contributed by atoms with Crippen LogP contribution in [0.15, 0.2) is 61.2 Å². The van der Waals surface area contributed by atoms with E-state index in [2.05, 4.69) is 29.3 Å². The highest BCUT2D eigenvalue weighted by molar-refractivity contribution is 5.94. The lowest BCUT2D eigenvalue weighted by Crippen LogP contribution is -2.42. The third kappa shape index (κ3) is 7.61. The Bertz CT molecular complexity index is 899. The molecule has 0 aromatic heterocycles. The molecule has 2 N–H and O–H groups in total. The summed E-state index contributed by atoms with van der Waals surface area (Å²) in [5.41, 5.74) is 1.95. The molecule has 5 nitrogen and oxygen atoms in total. The molecule has 0 heterocycles. The molecule has 0 aliphatic heterocycles. The van der Waals surface area contributed by atoms with Gasteiger partial charge >= 0.3 is 0 Å². The molecule has 0 aliphatic carbocycles. The highest BCUT2D eigenvalue weighted by atomic mass is 19.1. The number of likely N-dealkylation sites (N-methyl/N-ethyl adjacent to an activating group) is 1. The molecule has 0 unspecified atom stereocenters. The Morgan fingerprint density at radius 3 is 2.47 bits per heavy atom. The Hall–Kier alpha value is -2.99. The number of benzene rings is 2. The van der Waals surface area contributed by atoms with Crippen LogP contribution in [-0.4, -0.2) is 50.4 Å². The van der Waals surface area contributed by atoms with Crippen LogP contribution >= 0.6 is 0 Å². The van der Waals surface area contributed by atoms with Crippen LogP contribution in [0.5, 0.6) is 0 Å². The van der Waals surface area contributed by atoms with Gasteiger partial charge in [-0.2, -0.15) is 0 Å². The predicted octanol–water partition coefficient (Wildman–Crippen LogP) is 3.91. The first-order chi connectivity index (χ1) is 15.3. The van der Waals surface area contributed by atoms with E-state index >= 15 is 0 Å². The number of nitrogens with zero attached hydrogens (tertiary/aromatic N) is 1. The molecular weight excluding hydrogens is 405 g/mol. The van der Waals surface area contributed by atoms with Gasteiger partial charge in [0.1, 0.15) is 5.82 Å². The number of hydrogen-bond donors (Lipinski definition) is 2. The minimum atomic E-state index is -0.545. The second kappa shape index (κ2) is 12.8. The monoisotopic (exact) mass is 439 g/mol. The summed E-state index contributed by atoms with van der Waals surface area (Å²) in [7, 11) is 5.34. The van der Waals surface area contributed by atoms with Gasteiger partial charge in [-0.3, -0.25) is 9.59 Å². The summed E-state index contributed by atoms with van der Waals surface area (Å²) >= 11 is 0. The second-order valence-electron chi connectivity index (χ2n) is 8.20. The summed E-state index contributed by atoms with van der Waals surface area (Å²) in [5, 5.41) is 5.48. The minimum absolute atomic E-state index is 0.00379. The summed E-state index contributed by atoms with van der Waals surface area (Å²) in [6.07, 6.45) is 4.56. The Kier molecular flexibility index (Phi) is 10.1. The lowest BCUT2D eigenvalue weighted by molar-refractivity contribution is -0.121. The number of amides is 2. The fourth-order valence-electron chi connectivity index (χ4n) is 3.67. The average molecular weight is 440 g/mol. The van der Waals surface area contributed by atoms with Crippen molar-refractivity contribution in [2.45, 2.75) is 37.6 Å². The summed E-state index contributed by atoms with van der Waals surface area (Å²) in [6, 6.07) is 14.7. The highest BCUT2D eigenvalue weighted by Crippen LogP contribution is 2.25. The zero-order valence-corrected chi connectivity index (χ0v) is 19.2. The van der Waals surface area contributed by atoms with Crippen molar-refractivity contribution in [1.29, 1.82) is 0 Å². The van der Waals surface area contributed by atoms with E-state index in [0.717, 1.165) is 24.0 Å². The average Bonchev–Trinajstić information content (AvgIpc) is 2.79. The van der Waals surface area contributed by atoms with E-state index < -0.39 is 11.7 Å². The van der Waals surface area contributed by atoms with Gasteiger partial charge in [-0.15, -0.1) is 6.58 Å². The van der Waals surface area contributed by atoms with Crippen molar-refractivity contribution in [2.24, 2.45) is 0 Å². The topological polar surface area (TPSA) is 61.4 Å². The van der Waals surface area contributed by atoms with Gasteiger partial charge in [0.05, 0.1) is 5.56 Å². The third-order valence-electron chi connectivity index (χ3n) is 5.66. The number of carbonyl (C=O) groups is 2. The Morgan fingerprint density at radius 1 is 1.16 bits per heavy atom. The van der Waals surface area contributed by atoms with Crippen LogP contribution in [0.4, 0.5) is 4.39 Å². The van der Waals surface area contributed by atoms with Crippen molar-refractivity contribution in [2.75, 3.05) is 27.7 Å². The summed E-state index contributed by atoms with van der Waals surface area (Å²) in [4.78, 5) is 26.4. The first-order valence-corrected chi connectivity index (χ1v) is 10.9. The summed E-state index contributed by atoms with van der Waals surface area (Å²) in [5.74, 6) is -0.861. The molecule has 0 saturated carbocycles. The standard InChI is InChI=1S/C26H34FN3O2/c1-5-6-10-21(20-11-8-7-9-12-20)17-25(31)29-18-22(30(3)4)15-19-13-14-23(24(27)16-19)26(32)28-2/h5,7-9,11-14,16,21-22H,1,6,10,15,17-18H2,2-4H3,(H,28,32)(H,29,31)/t21-,22-/m0/s1. The molecule has 0 aliphatic rings. The van der Waals surface area contributed by atoms with Crippen molar-refractivity contribution in [3.8, 4) is 0 Å². The number of nitrogens with one attached hydrogen (secondary N) is 2. The van der Waals surface area contributed by atoms with E-state index in [9.17, 15) is 14.0 Å². The summed E-state index contributed by atoms with van der Waals surface area (Å²) in [6.45, 7) is 4.25. The van der Waals surface area contributed by atoms with E-state index in [-0.39, 0.29) is 23.4 Å². The smallest absolute Gasteiger partial charge is 0.253 e. The predicted molar refractivity (Wildman–Crippen MR) is 127 cm³/mol. The van der Waals surface area contributed by atoms with E-state index in [1.165, 1.54) is 19.2 Å². The lowest BCUT2D eigenvalue weighted by Gasteiger charge is -2.25. The van der Waals surface area contributed by atoms with E-state index in [1.54, 1.807) is 6.07 Å². The van der Waals surface area contributed by atoms with Gasteiger partial charge in [0.2, 0.25) is 5.91 Å². The van der Waals surface area contributed by atoms with Crippen LogP contribution in [0.1, 0.15) is 46.7 Å². The SMILES string of the molecule is C=CCC[C@@H](CC(=O)NC[C@H](Cc1ccc(C(=O)NC)c(F)c1)N(C)C)c1ccccc1. The Morgan fingerprint density at radius 2 is 1.88 bits per heavy atom. The Balaban J connectivity index is 1.99. The highest BCUT2D eigenvalue weighted by Gasteiger charge is 2.19. The molecule has 2 atom stereocenters. The van der Waals surface area contributed by atoms with Crippen LogP contribution in [0.2, 0.25) is 0 Å². The zero-order valence-electron chi connectivity index (χ0n) is 19.2. The van der Waals surface area contributed by atoms with Crippen LogP contribution in [0.3, 0.4) is 0 Å². The van der Waals surface area contributed by atoms with Crippen LogP contribution < -0.4 is 10.6 Å². The molecule has 2 aromatic carbocycles. The number of allylic oxidation sites excluding steroid dienone is 1. The number of hydrogen-bond acceptors (Lipinski definition) is 3. The molecule has 0 fully saturated rings. The molecular formula is C26H34FN3O2. The number of halogens is 1. The molecule has 0 saturated heterocycles. The van der Waals surface area contributed by atoms with Crippen molar-refractivity contribution >= 4 is 11.8 Å².